The van der Waals surface area contributed by atoms with Crippen molar-refractivity contribution in [2.24, 2.45) is 5.92 Å². The van der Waals surface area contributed by atoms with Crippen LogP contribution in [0.2, 0.25) is 5.02 Å². The van der Waals surface area contributed by atoms with Gasteiger partial charge in [-0.2, -0.15) is 0 Å². The molecule has 0 aliphatic carbocycles. The first kappa shape index (κ1) is 16.6. The minimum absolute atomic E-state index is 0.0106. The van der Waals surface area contributed by atoms with Crippen LogP contribution in [0.3, 0.4) is 0 Å². The summed E-state index contributed by atoms with van der Waals surface area (Å²) in [7, 11) is 0. The van der Waals surface area contributed by atoms with Crippen molar-refractivity contribution in [3.63, 3.8) is 0 Å². The third-order valence-electron chi connectivity index (χ3n) is 3.70. The lowest BCUT2D eigenvalue weighted by Gasteiger charge is -2.23. The second-order valence-electron chi connectivity index (χ2n) is 5.73. The molecule has 1 aromatic rings. The van der Waals surface area contributed by atoms with Crippen molar-refractivity contribution >= 4 is 29.2 Å². The van der Waals surface area contributed by atoms with Crippen molar-refractivity contribution in [3.05, 3.63) is 29.3 Å². The van der Waals surface area contributed by atoms with E-state index in [0.29, 0.717) is 36.9 Å². The van der Waals surface area contributed by atoms with Gasteiger partial charge in [-0.3, -0.25) is 4.79 Å². The average molecular weight is 324 g/mol. The monoisotopic (exact) mass is 323 g/mol. The highest BCUT2D eigenvalue weighted by atomic mass is 35.5. The average Bonchev–Trinajstić information content (AvgIpc) is 2.74. The van der Waals surface area contributed by atoms with Gasteiger partial charge in [-0.25, -0.2) is 4.79 Å². The number of hydrogen-bond donors (Lipinski definition) is 1. The van der Waals surface area contributed by atoms with Crippen molar-refractivity contribution in [2.45, 2.75) is 20.3 Å². The molecule has 3 amide bonds. The lowest BCUT2D eigenvalue weighted by molar-refractivity contribution is -0.134. The predicted octanol–water partition coefficient (Wildman–Crippen LogP) is 3.06. The second-order valence-corrected chi connectivity index (χ2v) is 6.14. The summed E-state index contributed by atoms with van der Waals surface area (Å²) >= 11 is 6.05. The van der Waals surface area contributed by atoms with Gasteiger partial charge in [-0.1, -0.05) is 37.6 Å². The van der Waals surface area contributed by atoms with Crippen LogP contribution in [0.25, 0.3) is 0 Å². The number of nitrogens with zero attached hydrogens (tertiary/aromatic N) is 2. The summed E-state index contributed by atoms with van der Waals surface area (Å²) in [6.07, 6.45) is 0.786. The molecule has 2 rings (SSSR count). The summed E-state index contributed by atoms with van der Waals surface area (Å²) in [5.74, 6) is 0.136. The molecule has 1 N–H and O–H groups in total. The zero-order valence-corrected chi connectivity index (χ0v) is 13.8. The van der Waals surface area contributed by atoms with Gasteiger partial charge in [0.15, 0.2) is 0 Å². The van der Waals surface area contributed by atoms with Gasteiger partial charge in [0.05, 0.1) is 10.7 Å². The lowest BCUT2D eigenvalue weighted by atomic mass is 10.2. The zero-order chi connectivity index (χ0) is 16.1. The van der Waals surface area contributed by atoms with Crippen molar-refractivity contribution in [1.82, 2.24) is 9.80 Å². The number of rotatable bonds is 2. The highest BCUT2D eigenvalue weighted by Gasteiger charge is 2.23. The predicted molar refractivity (Wildman–Crippen MR) is 88.1 cm³/mol. The van der Waals surface area contributed by atoms with E-state index in [4.69, 9.17) is 11.6 Å². The van der Waals surface area contributed by atoms with Crippen LogP contribution in [0.15, 0.2) is 24.3 Å². The molecule has 6 heteroatoms. The first-order valence-corrected chi connectivity index (χ1v) is 7.96. The SMILES string of the molecule is CC(C)C(=O)N1CCCN(C(=O)Nc2ccccc2Cl)CC1. The quantitative estimate of drug-likeness (QED) is 0.909. The van der Waals surface area contributed by atoms with E-state index in [-0.39, 0.29) is 17.9 Å². The van der Waals surface area contributed by atoms with Gasteiger partial charge < -0.3 is 15.1 Å². The maximum absolute atomic E-state index is 12.3. The maximum Gasteiger partial charge on any atom is 0.321 e. The molecule has 0 unspecified atom stereocenters. The van der Waals surface area contributed by atoms with E-state index in [2.05, 4.69) is 5.32 Å². The summed E-state index contributed by atoms with van der Waals surface area (Å²) in [6, 6.07) is 6.98. The summed E-state index contributed by atoms with van der Waals surface area (Å²) in [4.78, 5) is 28.0. The Morgan fingerprint density at radius 1 is 1.09 bits per heavy atom. The first-order chi connectivity index (χ1) is 10.5. The van der Waals surface area contributed by atoms with Crippen molar-refractivity contribution < 1.29 is 9.59 Å². The number of carbonyl (C=O) groups is 2. The summed E-state index contributed by atoms with van der Waals surface area (Å²) in [6.45, 7) is 6.25. The highest BCUT2D eigenvalue weighted by molar-refractivity contribution is 6.33. The molecular formula is C16H22ClN3O2. The molecule has 1 aliphatic rings. The number of benzene rings is 1. The Kier molecular flexibility index (Phi) is 5.66. The van der Waals surface area contributed by atoms with Crippen LogP contribution in [-0.4, -0.2) is 47.9 Å². The fraction of sp³-hybridized carbons (Fsp3) is 0.500. The Balaban J connectivity index is 1.95. The number of halogens is 1. The van der Waals surface area contributed by atoms with E-state index < -0.39 is 0 Å². The van der Waals surface area contributed by atoms with Crippen LogP contribution in [0.5, 0.6) is 0 Å². The smallest absolute Gasteiger partial charge is 0.321 e. The molecule has 0 bridgehead atoms. The van der Waals surface area contributed by atoms with E-state index in [9.17, 15) is 9.59 Å². The van der Waals surface area contributed by atoms with Crippen LogP contribution in [0, 0.1) is 5.92 Å². The third-order valence-corrected chi connectivity index (χ3v) is 4.03. The van der Waals surface area contributed by atoms with Crippen LogP contribution in [0.1, 0.15) is 20.3 Å². The van der Waals surface area contributed by atoms with Gasteiger partial charge in [-0.05, 0) is 18.6 Å². The largest absolute Gasteiger partial charge is 0.341 e. The van der Waals surface area contributed by atoms with Crippen molar-refractivity contribution in [1.29, 1.82) is 0 Å². The van der Waals surface area contributed by atoms with E-state index in [1.165, 1.54) is 0 Å². The Hall–Kier alpha value is -1.75. The van der Waals surface area contributed by atoms with Gasteiger partial charge in [0, 0.05) is 32.1 Å². The van der Waals surface area contributed by atoms with Gasteiger partial charge >= 0.3 is 6.03 Å². The van der Waals surface area contributed by atoms with E-state index in [1.807, 2.05) is 30.9 Å². The number of para-hydroxylation sites is 1. The summed E-state index contributed by atoms with van der Waals surface area (Å²) in [5, 5.41) is 3.34. The molecule has 1 aliphatic heterocycles. The van der Waals surface area contributed by atoms with Crippen LogP contribution in [0.4, 0.5) is 10.5 Å². The Labute approximate surface area is 136 Å². The number of nitrogens with one attached hydrogen (secondary N) is 1. The molecule has 120 valence electrons. The normalized spacial score (nSPS) is 15.6. The Bertz CT molecular complexity index is 548. The zero-order valence-electron chi connectivity index (χ0n) is 13.0. The van der Waals surface area contributed by atoms with E-state index in [1.54, 1.807) is 17.0 Å². The number of amides is 3. The number of hydrogen-bond acceptors (Lipinski definition) is 2. The van der Waals surface area contributed by atoms with Crippen LogP contribution in [-0.2, 0) is 4.79 Å². The standard InChI is InChI=1S/C16H22ClN3O2/c1-12(2)15(21)19-8-5-9-20(11-10-19)16(22)18-14-7-4-3-6-13(14)17/h3-4,6-7,12H,5,8-11H2,1-2H3,(H,18,22). The summed E-state index contributed by atoms with van der Waals surface area (Å²) < 4.78 is 0. The van der Waals surface area contributed by atoms with E-state index in [0.717, 1.165) is 6.42 Å². The molecular weight excluding hydrogens is 302 g/mol. The number of urea groups is 1. The molecule has 1 saturated heterocycles. The van der Waals surface area contributed by atoms with Gasteiger partial charge in [-0.15, -0.1) is 0 Å². The molecule has 22 heavy (non-hydrogen) atoms. The number of anilines is 1. The molecule has 0 aromatic heterocycles. The fourth-order valence-electron chi connectivity index (χ4n) is 2.46. The van der Waals surface area contributed by atoms with Crippen molar-refractivity contribution in [3.8, 4) is 0 Å². The minimum Gasteiger partial charge on any atom is -0.341 e. The molecule has 0 atom stereocenters. The molecule has 1 aromatic carbocycles. The fourth-order valence-corrected chi connectivity index (χ4v) is 2.65. The topological polar surface area (TPSA) is 52.7 Å². The highest BCUT2D eigenvalue weighted by Crippen LogP contribution is 2.21. The maximum atomic E-state index is 12.3. The van der Waals surface area contributed by atoms with Crippen LogP contribution < -0.4 is 5.32 Å². The molecule has 0 saturated carbocycles. The molecule has 1 heterocycles. The lowest BCUT2D eigenvalue weighted by Crippen LogP contribution is -2.40. The third kappa shape index (κ3) is 4.13. The van der Waals surface area contributed by atoms with Crippen LogP contribution >= 0.6 is 11.6 Å². The summed E-state index contributed by atoms with van der Waals surface area (Å²) in [5.41, 5.74) is 0.605. The Morgan fingerprint density at radius 3 is 2.41 bits per heavy atom. The second kappa shape index (κ2) is 7.49. The van der Waals surface area contributed by atoms with E-state index >= 15 is 0 Å². The Morgan fingerprint density at radius 2 is 1.73 bits per heavy atom. The first-order valence-electron chi connectivity index (χ1n) is 7.58. The molecule has 5 nitrogen and oxygen atoms in total. The molecule has 0 radical (unpaired) electrons. The van der Waals surface area contributed by atoms with Gasteiger partial charge in [0.1, 0.15) is 0 Å². The van der Waals surface area contributed by atoms with Gasteiger partial charge in [0.2, 0.25) is 5.91 Å². The number of carbonyl (C=O) groups excluding carboxylic acids is 2. The molecule has 0 spiro atoms. The minimum atomic E-state index is -0.174. The van der Waals surface area contributed by atoms with Gasteiger partial charge in [0.25, 0.3) is 0 Å². The molecule has 1 fully saturated rings. The van der Waals surface area contributed by atoms with Crippen molar-refractivity contribution in [2.75, 3.05) is 31.5 Å².